The lowest BCUT2D eigenvalue weighted by Crippen LogP contribution is -2.36. The molecule has 2 amide bonds. The van der Waals surface area contributed by atoms with Crippen LogP contribution in [0.3, 0.4) is 0 Å². The zero-order chi connectivity index (χ0) is 20.5. The molecule has 0 radical (unpaired) electrons. The Labute approximate surface area is 158 Å². The molecule has 28 heavy (non-hydrogen) atoms. The van der Waals surface area contributed by atoms with Crippen LogP contribution in [-0.4, -0.2) is 30.1 Å². The number of nitrogens with zero attached hydrogens (tertiary/aromatic N) is 5. The van der Waals surface area contributed by atoms with Crippen LogP contribution in [0.25, 0.3) is 0 Å². The van der Waals surface area contributed by atoms with Gasteiger partial charge in [-0.3, -0.25) is 0 Å². The maximum absolute atomic E-state index is 12.8. The second-order valence-corrected chi connectivity index (χ2v) is 6.21. The van der Waals surface area contributed by atoms with Crippen LogP contribution in [0.2, 0.25) is 0 Å². The van der Waals surface area contributed by atoms with Gasteiger partial charge in [-0.2, -0.15) is 13.2 Å². The third kappa shape index (κ3) is 3.97. The lowest BCUT2D eigenvalue weighted by Gasteiger charge is -2.19. The summed E-state index contributed by atoms with van der Waals surface area (Å²) in [5.74, 6) is 1.09. The fourth-order valence-corrected chi connectivity index (χ4v) is 2.79. The minimum absolute atomic E-state index is 0.0879. The summed E-state index contributed by atoms with van der Waals surface area (Å²) in [5.41, 5.74) is -0.936. The summed E-state index contributed by atoms with van der Waals surface area (Å²) >= 11 is 0. The number of aryl methyl sites for hydroxylation is 3. The first-order chi connectivity index (χ1) is 13.2. The highest BCUT2D eigenvalue weighted by molar-refractivity contribution is 5.89. The molecule has 11 heteroatoms. The van der Waals surface area contributed by atoms with Gasteiger partial charge in [-0.05, 0) is 18.6 Å². The zero-order valence-corrected chi connectivity index (χ0v) is 15.3. The van der Waals surface area contributed by atoms with Gasteiger partial charge in [0.25, 0.3) is 0 Å². The van der Waals surface area contributed by atoms with E-state index in [1.807, 2.05) is 0 Å². The summed E-state index contributed by atoms with van der Waals surface area (Å²) in [7, 11) is 3.56. The van der Waals surface area contributed by atoms with Crippen molar-refractivity contribution in [2.75, 3.05) is 5.32 Å². The van der Waals surface area contributed by atoms with E-state index in [9.17, 15) is 18.0 Å². The maximum Gasteiger partial charge on any atom is 0.433 e. The average Bonchev–Trinajstić information content (AvgIpc) is 3.20. The molecule has 0 aliphatic carbocycles. The largest absolute Gasteiger partial charge is 0.433 e. The maximum atomic E-state index is 12.8. The molecule has 0 saturated carbocycles. The van der Waals surface area contributed by atoms with Crippen LogP contribution in [0.4, 0.5) is 23.7 Å². The van der Waals surface area contributed by atoms with E-state index in [1.54, 1.807) is 48.0 Å². The number of hydrogen-bond acceptors (Lipinski definition) is 4. The Balaban J connectivity index is 1.81. The first-order valence-corrected chi connectivity index (χ1v) is 8.22. The number of hydrogen-bond donors (Lipinski definition) is 2. The molecule has 8 nitrogen and oxygen atoms in total. The number of halogens is 3. The fraction of sp³-hybridized carbons (Fsp3) is 0.294. The quantitative estimate of drug-likeness (QED) is 0.713. The highest BCUT2D eigenvalue weighted by Gasteiger charge is 2.34. The SMILES string of the molecule is Cc1cc(NC(=O)NC(c2nccn2C)c2nccn2C)cnc1C(F)(F)F. The predicted octanol–water partition coefficient (Wildman–Crippen LogP) is 2.79. The monoisotopic (exact) mass is 393 g/mol. The molecule has 3 aromatic heterocycles. The van der Waals surface area contributed by atoms with Crippen molar-refractivity contribution < 1.29 is 18.0 Å². The van der Waals surface area contributed by atoms with Crippen molar-refractivity contribution in [1.29, 1.82) is 0 Å². The van der Waals surface area contributed by atoms with Crippen molar-refractivity contribution in [1.82, 2.24) is 29.4 Å². The van der Waals surface area contributed by atoms with Crippen LogP contribution in [0.5, 0.6) is 0 Å². The number of anilines is 1. The molecule has 2 N–H and O–H groups in total. The van der Waals surface area contributed by atoms with Crippen LogP contribution in [0.1, 0.15) is 28.9 Å². The van der Waals surface area contributed by atoms with E-state index < -0.39 is 23.9 Å². The van der Waals surface area contributed by atoms with E-state index >= 15 is 0 Å². The van der Waals surface area contributed by atoms with Gasteiger partial charge in [-0.1, -0.05) is 0 Å². The van der Waals surface area contributed by atoms with E-state index in [2.05, 4.69) is 25.6 Å². The number of carbonyl (C=O) groups is 1. The number of nitrogens with one attached hydrogen (secondary N) is 2. The summed E-state index contributed by atoms with van der Waals surface area (Å²) < 4.78 is 42.0. The van der Waals surface area contributed by atoms with Crippen molar-refractivity contribution in [2.45, 2.75) is 19.1 Å². The topological polar surface area (TPSA) is 89.7 Å². The third-order valence-electron chi connectivity index (χ3n) is 4.11. The smallest absolute Gasteiger partial charge is 0.336 e. The van der Waals surface area contributed by atoms with E-state index in [0.29, 0.717) is 11.6 Å². The Bertz CT molecular complexity index is 953. The molecule has 3 aromatic rings. The molecule has 0 aliphatic heterocycles. The molecule has 0 unspecified atom stereocenters. The first kappa shape index (κ1) is 19.4. The fourth-order valence-electron chi connectivity index (χ4n) is 2.79. The second kappa shape index (κ2) is 7.33. The van der Waals surface area contributed by atoms with Gasteiger partial charge in [-0.25, -0.2) is 19.7 Å². The third-order valence-corrected chi connectivity index (χ3v) is 4.11. The van der Waals surface area contributed by atoms with E-state index in [1.165, 1.54) is 13.0 Å². The molecule has 3 rings (SSSR count). The number of rotatable bonds is 4. The van der Waals surface area contributed by atoms with Crippen LogP contribution in [0.15, 0.2) is 37.1 Å². The van der Waals surface area contributed by atoms with Gasteiger partial charge < -0.3 is 19.8 Å². The Morgan fingerprint density at radius 2 is 1.64 bits per heavy atom. The number of alkyl halides is 3. The van der Waals surface area contributed by atoms with Crippen LogP contribution in [0, 0.1) is 6.92 Å². The molecule has 0 aliphatic rings. The van der Waals surface area contributed by atoms with Gasteiger partial charge in [-0.15, -0.1) is 0 Å². The molecule has 148 valence electrons. The lowest BCUT2D eigenvalue weighted by atomic mass is 10.2. The van der Waals surface area contributed by atoms with Crippen molar-refractivity contribution in [3.8, 4) is 0 Å². The average molecular weight is 393 g/mol. The predicted molar refractivity (Wildman–Crippen MR) is 94.4 cm³/mol. The van der Waals surface area contributed by atoms with Crippen LogP contribution >= 0.6 is 0 Å². The summed E-state index contributed by atoms with van der Waals surface area (Å²) in [6.45, 7) is 1.28. The number of carbonyl (C=O) groups excluding carboxylic acids is 1. The van der Waals surface area contributed by atoms with Crippen molar-refractivity contribution >= 4 is 11.7 Å². The van der Waals surface area contributed by atoms with Crippen LogP contribution < -0.4 is 10.6 Å². The van der Waals surface area contributed by atoms with Crippen molar-refractivity contribution in [2.24, 2.45) is 14.1 Å². The molecular weight excluding hydrogens is 375 g/mol. The number of amides is 2. The van der Waals surface area contributed by atoms with Gasteiger partial charge in [0.2, 0.25) is 0 Å². The summed E-state index contributed by atoms with van der Waals surface area (Å²) in [6.07, 6.45) is 3.06. The Morgan fingerprint density at radius 3 is 2.07 bits per heavy atom. The zero-order valence-electron chi connectivity index (χ0n) is 15.3. The molecule has 0 atom stereocenters. The van der Waals surface area contributed by atoms with Gasteiger partial charge in [0.1, 0.15) is 23.4 Å². The van der Waals surface area contributed by atoms with E-state index in [0.717, 1.165) is 6.20 Å². The molecule has 0 bridgehead atoms. The molecule has 0 fully saturated rings. The van der Waals surface area contributed by atoms with Gasteiger partial charge in [0.05, 0.1) is 11.9 Å². The molecular formula is C17H18F3N7O. The minimum atomic E-state index is -4.55. The molecule has 0 saturated heterocycles. The lowest BCUT2D eigenvalue weighted by molar-refractivity contribution is -0.141. The number of imidazole rings is 2. The molecule has 0 spiro atoms. The van der Waals surface area contributed by atoms with Gasteiger partial charge in [0, 0.05) is 38.9 Å². The summed E-state index contributed by atoms with van der Waals surface area (Å²) in [4.78, 5) is 24.4. The Kier molecular flexibility index (Phi) is 5.08. The highest BCUT2D eigenvalue weighted by Crippen LogP contribution is 2.30. The number of aromatic nitrogens is 5. The molecule has 3 heterocycles. The highest BCUT2D eigenvalue weighted by atomic mass is 19.4. The van der Waals surface area contributed by atoms with Gasteiger partial charge in [0.15, 0.2) is 0 Å². The van der Waals surface area contributed by atoms with Crippen molar-refractivity contribution in [3.63, 3.8) is 0 Å². The van der Waals surface area contributed by atoms with E-state index in [4.69, 9.17) is 0 Å². The number of pyridine rings is 1. The summed E-state index contributed by atoms with van der Waals surface area (Å²) in [5, 5.41) is 5.25. The normalized spacial score (nSPS) is 11.7. The van der Waals surface area contributed by atoms with Gasteiger partial charge >= 0.3 is 12.2 Å². The Morgan fingerprint density at radius 1 is 1.07 bits per heavy atom. The Hall–Kier alpha value is -3.37. The second-order valence-electron chi connectivity index (χ2n) is 6.21. The summed E-state index contributed by atoms with van der Waals surface area (Å²) in [6, 6.07) is -0.0770. The molecule has 0 aromatic carbocycles. The van der Waals surface area contributed by atoms with Crippen molar-refractivity contribution in [3.05, 3.63) is 60.0 Å². The standard InChI is InChI=1S/C17H18F3N7O/c1-10-8-11(9-23-13(10)17(18,19)20)24-16(28)25-12(14-21-4-6-26(14)2)15-22-5-7-27(15)3/h4-9,12H,1-3H3,(H2,24,25,28). The minimum Gasteiger partial charge on any atom is -0.336 e. The van der Waals surface area contributed by atoms with E-state index in [-0.39, 0.29) is 11.3 Å². The number of urea groups is 1. The first-order valence-electron chi connectivity index (χ1n) is 8.22. The van der Waals surface area contributed by atoms with Crippen LogP contribution in [-0.2, 0) is 20.3 Å².